The van der Waals surface area contributed by atoms with Crippen molar-refractivity contribution in [2.45, 2.75) is 38.9 Å². The summed E-state index contributed by atoms with van der Waals surface area (Å²) in [6.07, 6.45) is -0.414. The minimum atomic E-state index is -4.60. The van der Waals surface area contributed by atoms with Crippen LogP contribution < -0.4 is 29.6 Å². The molecule has 0 aromatic carbocycles. The molecule has 13 heavy (non-hydrogen) atoms. The summed E-state index contributed by atoms with van der Waals surface area (Å²) >= 11 is 0. The molecule has 0 aromatic heterocycles. The van der Waals surface area contributed by atoms with Gasteiger partial charge in [-0.15, -0.1) is 0 Å². The van der Waals surface area contributed by atoms with E-state index in [9.17, 15) is 13.0 Å². The van der Waals surface area contributed by atoms with Crippen molar-refractivity contribution in [3.05, 3.63) is 0 Å². The molecule has 0 heterocycles. The normalized spacial score (nSPS) is 16.0. The van der Waals surface area contributed by atoms with Crippen LogP contribution in [0.3, 0.4) is 0 Å². The number of hydrogen-bond donors (Lipinski definition) is 1. The number of aliphatic hydroxyl groups excluding tert-OH is 1. The maximum atomic E-state index is 10.0. The molecule has 0 aliphatic heterocycles. The van der Waals surface area contributed by atoms with Gasteiger partial charge in [0.15, 0.2) is 0 Å². The predicted octanol–water partition coefficient (Wildman–Crippen LogP) is -2.98. The van der Waals surface area contributed by atoms with Crippen LogP contribution in [-0.2, 0) is 14.6 Å². The molecule has 0 aliphatic rings. The van der Waals surface area contributed by atoms with Gasteiger partial charge in [-0.1, -0.05) is 0 Å². The van der Waals surface area contributed by atoms with Gasteiger partial charge in [0.25, 0.3) is 0 Å². The van der Waals surface area contributed by atoms with E-state index in [1.807, 2.05) is 0 Å². The van der Waals surface area contributed by atoms with E-state index in [1.165, 1.54) is 6.92 Å². The first-order valence-electron chi connectivity index (χ1n) is 3.63. The second-order valence-corrected chi connectivity index (χ2v) is 3.75. The molecule has 0 aliphatic carbocycles. The third-order valence-electron chi connectivity index (χ3n) is 1.27. The molecule has 74 valence electrons. The second-order valence-electron chi connectivity index (χ2n) is 2.74. The standard InChI is InChI=1S/C6H14O5S.Na/c1-5(7)3-4-6(2)11-12(8,9)10;/h5-7H,3-4H2,1-2H3,(H,8,9,10);/q;+1/p-1. The van der Waals surface area contributed by atoms with Crippen molar-refractivity contribution in [3.63, 3.8) is 0 Å². The van der Waals surface area contributed by atoms with Crippen molar-refractivity contribution in [2.75, 3.05) is 0 Å². The molecular weight excluding hydrogens is 207 g/mol. The molecule has 0 aromatic rings. The molecule has 0 fully saturated rings. The maximum absolute atomic E-state index is 10.0. The van der Waals surface area contributed by atoms with Gasteiger partial charge in [-0.3, -0.25) is 4.18 Å². The zero-order valence-electron chi connectivity index (χ0n) is 8.06. The van der Waals surface area contributed by atoms with Crippen LogP contribution >= 0.6 is 0 Å². The van der Waals surface area contributed by atoms with Crippen LogP contribution in [0, 0.1) is 0 Å². The van der Waals surface area contributed by atoms with E-state index < -0.39 is 22.6 Å². The third kappa shape index (κ3) is 12.8. The van der Waals surface area contributed by atoms with Crippen LogP contribution in [0.25, 0.3) is 0 Å². The summed E-state index contributed by atoms with van der Waals surface area (Å²) in [5.41, 5.74) is 0. The van der Waals surface area contributed by atoms with Crippen molar-refractivity contribution >= 4 is 10.4 Å². The molecule has 0 saturated heterocycles. The fourth-order valence-electron chi connectivity index (χ4n) is 0.725. The average molecular weight is 220 g/mol. The topological polar surface area (TPSA) is 86.7 Å². The minimum Gasteiger partial charge on any atom is -0.726 e. The summed E-state index contributed by atoms with van der Waals surface area (Å²) < 4.78 is 34.2. The zero-order valence-corrected chi connectivity index (χ0v) is 10.9. The second kappa shape index (κ2) is 7.17. The maximum Gasteiger partial charge on any atom is 1.00 e. The van der Waals surface area contributed by atoms with Crippen LogP contribution in [0.5, 0.6) is 0 Å². The third-order valence-corrected chi connectivity index (χ3v) is 1.84. The summed E-state index contributed by atoms with van der Waals surface area (Å²) in [6.45, 7) is 3.05. The molecule has 2 unspecified atom stereocenters. The molecule has 0 amide bonds. The quantitative estimate of drug-likeness (QED) is 0.303. The first-order chi connectivity index (χ1) is 5.31. The van der Waals surface area contributed by atoms with Gasteiger partial charge < -0.3 is 9.66 Å². The molecule has 0 radical (unpaired) electrons. The van der Waals surface area contributed by atoms with E-state index in [2.05, 4.69) is 4.18 Å². The summed E-state index contributed by atoms with van der Waals surface area (Å²) in [5.74, 6) is 0. The van der Waals surface area contributed by atoms with Gasteiger partial charge >= 0.3 is 29.6 Å². The van der Waals surface area contributed by atoms with Crippen LogP contribution in [-0.4, -0.2) is 30.3 Å². The SMILES string of the molecule is CC(O)CCC(C)OS(=O)(=O)[O-].[Na+]. The molecule has 0 bridgehead atoms. The van der Waals surface area contributed by atoms with Gasteiger partial charge in [0.2, 0.25) is 10.4 Å². The predicted molar refractivity (Wildman–Crippen MR) is 41.2 cm³/mol. The van der Waals surface area contributed by atoms with Crippen molar-refractivity contribution in [3.8, 4) is 0 Å². The van der Waals surface area contributed by atoms with Crippen molar-refractivity contribution in [1.82, 2.24) is 0 Å². The number of rotatable bonds is 5. The van der Waals surface area contributed by atoms with Gasteiger partial charge in [0.1, 0.15) is 0 Å². The van der Waals surface area contributed by atoms with Crippen molar-refractivity contribution in [1.29, 1.82) is 0 Å². The Morgan fingerprint density at radius 3 is 2.15 bits per heavy atom. The first kappa shape index (κ1) is 16.3. The smallest absolute Gasteiger partial charge is 0.726 e. The van der Waals surface area contributed by atoms with Crippen LogP contribution in [0.4, 0.5) is 0 Å². The molecular formula is C6H13NaO5S. The molecule has 5 nitrogen and oxygen atoms in total. The van der Waals surface area contributed by atoms with Gasteiger partial charge in [0, 0.05) is 0 Å². The summed E-state index contributed by atoms with van der Waals surface area (Å²) in [4.78, 5) is 0. The summed E-state index contributed by atoms with van der Waals surface area (Å²) in [7, 11) is -4.60. The van der Waals surface area contributed by atoms with E-state index in [0.717, 1.165) is 0 Å². The Morgan fingerprint density at radius 1 is 1.38 bits per heavy atom. The largest absolute Gasteiger partial charge is 1.00 e. The summed E-state index contributed by atoms with van der Waals surface area (Å²) in [5, 5.41) is 8.82. The molecule has 1 N–H and O–H groups in total. The van der Waals surface area contributed by atoms with E-state index in [-0.39, 0.29) is 29.6 Å². The zero-order chi connectivity index (χ0) is 9.78. The van der Waals surface area contributed by atoms with Crippen LogP contribution in [0.15, 0.2) is 0 Å². The molecule has 0 rings (SSSR count). The Kier molecular flexibility index (Phi) is 8.97. The number of hydrogen-bond acceptors (Lipinski definition) is 5. The van der Waals surface area contributed by atoms with Gasteiger partial charge in [0.05, 0.1) is 12.2 Å². The Bertz CT molecular complexity index is 213. The van der Waals surface area contributed by atoms with Gasteiger partial charge in [-0.2, -0.15) is 0 Å². The molecule has 0 spiro atoms. The van der Waals surface area contributed by atoms with E-state index in [0.29, 0.717) is 12.8 Å². The van der Waals surface area contributed by atoms with Gasteiger partial charge in [-0.25, -0.2) is 8.42 Å². The fourth-order valence-corrected chi connectivity index (χ4v) is 1.22. The minimum absolute atomic E-state index is 0. The average Bonchev–Trinajstić information content (AvgIpc) is 1.79. The van der Waals surface area contributed by atoms with Gasteiger partial charge in [-0.05, 0) is 26.7 Å². The van der Waals surface area contributed by atoms with Crippen molar-refractivity contribution in [2.24, 2.45) is 0 Å². The van der Waals surface area contributed by atoms with Crippen molar-refractivity contribution < 1.29 is 51.8 Å². The van der Waals surface area contributed by atoms with E-state index in [1.54, 1.807) is 6.92 Å². The van der Waals surface area contributed by atoms with Crippen LogP contribution in [0.1, 0.15) is 26.7 Å². The number of aliphatic hydroxyl groups is 1. The monoisotopic (exact) mass is 220 g/mol. The van der Waals surface area contributed by atoms with Crippen LogP contribution in [0.2, 0.25) is 0 Å². The Morgan fingerprint density at radius 2 is 1.85 bits per heavy atom. The molecule has 7 heteroatoms. The molecule has 0 saturated carbocycles. The van der Waals surface area contributed by atoms with E-state index >= 15 is 0 Å². The Balaban J connectivity index is 0. The van der Waals surface area contributed by atoms with E-state index in [4.69, 9.17) is 5.11 Å². The first-order valence-corrected chi connectivity index (χ1v) is 4.97. The fraction of sp³-hybridized carbons (Fsp3) is 1.00. The Hall–Kier alpha value is 0.830. The summed E-state index contributed by atoms with van der Waals surface area (Å²) in [6, 6.07) is 0. The molecule has 2 atom stereocenters. The Labute approximate surface area is 101 Å².